The third-order valence-electron chi connectivity index (χ3n) is 4.40. The van der Waals surface area contributed by atoms with Gasteiger partial charge >= 0.3 is 0 Å². The fraction of sp³-hybridized carbons (Fsp3) is 0.611. The largest absolute Gasteiger partial charge is 0.497 e. The molecular weight excluding hydrogens is 306 g/mol. The highest BCUT2D eigenvalue weighted by molar-refractivity contribution is 5.75. The van der Waals surface area contributed by atoms with Crippen molar-refractivity contribution >= 4 is 11.6 Å². The summed E-state index contributed by atoms with van der Waals surface area (Å²) < 4.78 is 10.7. The third kappa shape index (κ3) is 5.30. The van der Waals surface area contributed by atoms with Crippen molar-refractivity contribution in [2.24, 2.45) is 11.7 Å². The number of amides is 1. The number of anilines is 1. The summed E-state index contributed by atoms with van der Waals surface area (Å²) in [6.45, 7) is 4.53. The molecule has 2 atom stereocenters. The molecule has 0 radical (unpaired) electrons. The van der Waals surface area contributed by atoms with Gasteiger partial charge in [0, 0.05) is 56.0 Å². The van der Waals surface area contributed by atoms with Gasteiger partial charge in [-0.1, -0.05) is 0 Å². The van der Waals surface area contributed by atoms with Crippen LogP contribution in [0, 0.1) is 5.92 Å². The molecule has 2 unspecified atom stereocenters. The van der Waals surface area contributed by atoms with E-state index in [1.807, 2.05) is 25.1 Å². The summed E-state index contributed by atoms with van der Waals surface area (Å²) in [5, 5.41) is 3.03. The first-order valence-electron chi connectivity index (χ1n) is 8.52. The molecule has 1 aromatic rings. The van der Waals surface area contributed by atoms with E-state index in [9.17, 15) is 4.79 Å². The summed E-state index contributed by atoms with van der Waals surface area (Å²) in [5.74, 6) is 2.13. The van der Waals surface area contributed by atoms with Gasteiger partial charge in [0.15, 0.2) is 0 Å². The van der Waals surface area contributed by atoms with Crippen LogP contribution in [0.2, 0.25) is 0 Å². The van der Waals surface area contributed by atoms with Crippen molar-refractivity contribution < 1.29 is 14.3 Å². The quantitative estimate of drug-likeness (QED) is 0.757. The molecule has 0 aliphatic carbocycles. The second-order valence-corrected chi connectivity index (χ2v) is 6.49. The van der Waals surface area contributed by atoms with Crippen molar-refractivity contribution in [1.82, 2.24) is 5.32 Å². The van der Waals surface area contributed by atoms with Crippen LogP contribution in [0.1, 0.15) is 26.2 Å². The maximum atomic E-state index is 11.8. The van der Waals surface area contributed by atoms with Crippen molar-refractivity contribution in [2.45, 2.75) is 32.2 Å². The molecule has 3 N–H and O–H groups in total. The van der Waals surface area contributed by atoms with E-state index in [-0.39, 0.29) is 11.9 Å². The molecule has 1 heterocycles. The van der Waals surface area contributed by atoms with Gasteiger partial charge in [0.05, 0.1) is 14.2 Å². The maximum Gasteiger partial charge on any atom is 0.220 e. The van der Waals surface area contributed by atoms with Crippen LogP contribution in [0.5, 0.6) is 11.5 Å². The molecule has 1 aromatic carbocycles. The molecule has 1 amide bonds. The number of carbonyl (C=O) groups excluding carboxylic acids is 1. The molecule has 0 bridgehead atoms. The van der Waals surface area contributed by atoms with Gasteiger partial charge in [0.25, 0.3) is 0 Å². The predicted octanol–water partition coefficient (Wildman–Crippen LogP) is 1.77. The summed E-state index contributed by atoms with van der Waals surface area (Å²) in [6, 6.07) is 5.98. The van der Waals surface area contributed by atoms with E-state index >= 15 is 0 Å². The molecule has 1 fully saturated rings. The Morgan fingerprint density at radius 2 is 2.00 bits per heavy atom. The zero-order chi connectivity index (χ0) is 17.5. The first-order valence-corrected chi connectivity index (χ1v) is 8.52. The number of benzene rings is 1. The Hall–Kier alpha value is -1.95. The minimum Gasteiger partial charge on any atom is -0.497 e. The van der Waals surface area contributed by atoms with E-state index in [4.69, 9.17) is 15.2 Å². The molecule has 0 saturated carbocycles. The fourth-order valence-electron chi connectivity index (χ4n) is 2.91. The minimum atomic E-state index is 0.0702. The highest BCUT2D eigenvalue weighted by atomic mass is 16.5. The number of methoxy groups -OCH3 is 2. The molecule has 2 rings (SSSR count). The molecule has 0 spiro atoms. The normalized spacial score (nSPS) is 18.3. The van der Waals surface area contributed by atoms with Gasteiger partial charge in [-0.3, -0.25) is 4.79 Å². The number of ether oxygens (including phenoxy) is 2. The van der Waals surface area contributed by atoms with Crippen LogP contribution in [0.25, 0.3) is 0 Å². The van der Waals surface area contributed by atoms with Crippen LogP contribution in [0.15, 0.2) is 18.2 Å². The van der Waals surface area contributed by atoms with E-state index in [0.29, 0.717) is 12.3 Å². The van der Waals surface area contributed by atoms with Crippen molar-refractivity contribution in [1.29, 1.82) is 0 Å². The van der Waals surface area contributed by atoms with Crippen LogP contribution >= 0.6 is 0 Å². The van der Waals surface area contributed by atoms with Gasteiger partial charge in [-0.25, -0.2) is 0 Å². The molecule has 1 aliphatic rings. The first-order chi connectivity index (χ1) is 11.5. The molecule has 0 aromatic heterocycles. The Balaban J connectivity index is 1.85. The number of nitrogens with zero attached hydrogens (tertiary/aromatic N) is 1. The molecule has 6 nitrogen and oxygen atoms in total. The van der Waals surface area contributed by atoms with E-state index in [1.165, 1.54) is 0 Å². The Morgan fingerprint density at radius 1 is 1.33 bits per heavy atom. The second-order valence-electron chi connectivity index (χ2n) is 6.49. The highest BCUT2D eigenvalue weighted by Crippen LogP contribution is 2.31. The van der Waals surface area contributed by atoms with Crippen molar-refractivity contribution in [2.75, 3.05) is 38.8 Å². The molecule has 24 heavy (non-hydrogen) atoms. The Morgan fingerprint density at radius 3 is 2.58 bits per heavy atom. The lowest BCUT2D eigenvalue weighted by Crippen LogP contribution is -2.31. The predicted molar refractivity (Wildman–Crippen MR) is 95.8 cm³/mol. The number of hydrogen-bond acceptors (Lipinski definition) is 5. The van der Waals surface area contributed by atoms with Crippen LogP contribution in [0.3, 0.4) is 0 Å². The van der Waals surface area contributed by atoms with Crippen molar-refractivity contribution in [3.05, 3.63) is 18.2 Å². The molecule has 134 valence electrons. The SMILES string of the molecule is COc1cc(OC)cc(N2CCC(CNC(=O)CCC(C)N)C2)c1. The van der Waals surface area contributed by atoms with E-state index in [1.54, 1.807) is 14.2 Å². The van der Waals surface area contributed by atoms with Gasteiger partial charge in [-0.15, -0.1) is 0 Å². The van der Waals surface area contributed by atoms with Gasteiger partial charge < -0.3 is 25.4 Å². The zero-order valence-corrected chi connectivity index (χ0v) is 14.9. The van der Waals surface area contributed by atoms with Crippen LogP contribution in [-0.4, -0.2) is 45.8 Å². The summed E-state index contributed by atoms with van der Waals surface area (Å²) in [4.78, 5) is 14.1. The smallest absolute Gasteiger partial charge is 0.220 e. The van der Waals surface area contributed by atoms with Crippen LogP contribution < -0.4 is 25.4 Å². The Labute approximate surface area is 144 Å². The summed E-state index contributed by atoms with van der Waals surface area (Å²) in [5.41, 5.74) is 6.78. The van der Waals surface area contributed by atoms with E-state index in [0.717, 1.165) is 49.7 Å². The Kier molecular flexibility index (Phi) is 6.73. The first kappa shape index (κ1) is 18.4. The minimum absolute atomic E-state index is 0.0702. The lowest BCUT2D eigenvalue weighted by atomic mass is 10.1. The van der Waals surface area contributed by atoms with E-state index < -0.39 is 0 Å². The number of nitrogens with two attached hydrogens (primary N) is 1. The number of carbonyl (C=O) groups is 1. The van der Waals surface area contributed by atoms with Crippen molar-refractivity contribution in [3.63, 3.8) is 0 Å². The van der Waals surface area contributed by atoms with Crippen molar-refractivity contribution in [3.8, 4) is 11.5 Å². The van der Waals surface area contributed by atoms with Gasteiger partial charge in [0.1, 0.15) is 11.5 Å². The molecular formula is C18H29N3O3. The van der Waals surface area contributed by atoms with Gasteiger partial charge in [0.2, 0.25) is 5.91 Å². The Bertz CT molecular complexity index is 526. The number of hydrogen-bond donors (Lipinski definition) is 2. The van der Waals surface area contributed by atoms with E-state index in [2.05, 4.69) is 10.2 Å². The monoisotopic (exact) mass is 335 g/mol. The molecule has 6 heteroatoms. The number of nitrogens with one attached hydrogen (secondary N) is 1. The van der Waals surface area contributed by atoms with Gasteiger partial charge in [-0.2, -0.15) is 0 Å². The summed E-state index contributed by atoms with van der Waals surface area (Å²) >= 11 is 0. The summed E-state index contributed by atoms with van der Waals surface area (Å²) in [7, 11) is 3.31. The fourth-order valence-corrected chi connectivity index (χ4v) is 2.91. The van der Waals surface area contributed by atoms with Gasteiger partial charge in [-0.05, 0) is 25.7 Å². The average molecular weight is 335 g/mol. The zero-order valence-electron chi connectivity index (χ0n) is 14.9. The lowest BCUT2D eigenvalue weighted by Gasteiger charge is -2.20. The second kappa shape index (κ2) is 8.78. The highest BCUT2D eigenvalue weighted by Gasteiger charge is 2.24. The lowest BCUT2D eigenvalue weighted by molar-refractivity contribution is -0.121. The molecule has 1 aliphatic heterocycles. The summed E-state index contributed by atoms with van der Waals surface area (Å²) in [6.07, 6.45) is 2.29. The molecule has 1 saturated heterocycles. The number of rotatable bonds is 8. The van der Waals surface area contributed by atoms with Crippen LogP contribution in [0.4, 0.5) is 5.69 Å². The maximum absolute atomic E-state index is 11.8. The third-order valence-corrected chi connectivity index (χ3v) is 4.40. The standard InChI is InChI=1S/C18H29N3O3/c1-13(19)4-5-18(22)20-11-14-6-7-21(12-14)15-8-16(23-2)10-17(9-15)24-3/h8-10,13-14H,4-7,11-12,19H2,1-3H3,(H,20,22). The van der Waals surface area contributed by atoms with Crippen LogP contribution in [-0.2, 0) is 4.79 Å². The average Bonchev–Trinajstić information content (AvgIpc) is 3.06. The topological polar surface area (TPSA) is 76.8 Å².